The maximum atomic E-state index is 10.9. The Labute approximate surface area is 118 Å². The van der Waals surface area contributed by atoms with E-state index in [1.54, 1.807) is 12.1 Å². The molecule has 2 aromatic rings. The molecule has 0 heterocycles. The Bertz CT molecular complexity index is 576. The highest BCUT2D eigenvalue weighted by Gasteiger charge is 2.05. The molecule has 2 rings (SSSR count). The summed E-state index contributed by atoms with van der Waals surface area (Å²) >= 11 is 0. The Morgan fingerprint density at radius 1 is 1.00 bits per heavy atom. The lowest BCUT2D eigenvalue weighted by Gasteiger charge is -2.16. The van der Waals surface area contributed by atoms with E-state index in [4.69, 9.17) is 0 Å². The minimum absolute atomic E-state index is 0.0804. The number of phenolic OH excluding ortho intramolecular Hbond substituents is 1. The molecule has 1 amide bonds. The molecule has 3 N–H and O–H groups in total. The molecule has 0 bridgehead atoms. The van der Waals surface area contributed by atoms with E-state index in [0.717, 1.165) is 16.9 Å². The van der Waals surface area contributed by atoms with Crippen LogP contribution in [0.4, 0.5) is 11.4 Å². The van der Waals surface area contributed by atoms with Gasteiger partial charge in [-0.3, -0.25) is 4.79 Å². The molecule has 0 radical (unpaired) electrons. The Kier molecular flexibility index (Phi) is 4.25. The number of carbonyl (C=O) groups is 1. The maximum Gasteiger partial charge on any atom is 0.221 e. The fraction of sp³-hybridized carbons (Fsp3) is 0.188. The van der Waals surface area contributed by atoms with Crippen LogP contribution in [-0.2, 0) is 4.79 Å². The fourth-order valence-corrected chi connectivity index (χ4v) is 1.95. The van der Waals surface area contributed by atoms with Crippen LogP contribution in [0.2, 0.25) is 0 Å². The highest BCUT2D eigenvalue weighted by molar-refractivity contribution is 5.88. The van der Waals surface area contributed by atoms with Crippen molar-refractivity contribution in [2.45, 2.75) is 19.9 Å². The van der Waals surface area contributed by atoms with Gasteiger partial charge in [-0.25, -0.2) is 0 Å². The monoisotopic (exact) mass is 270 g/mol. The van der Waals surface area contributed by atoms with Crippen molar-refractivity contribution in [2.75, 3.05) is 10.6 Å². The number of rotatable bonds is 4. The second-order valence-corrected chi connectivity index (χ2v) is 4.72. The van der Waals surface area contributed by atoms with E-state index in [9.17, 15) is 9.90 Å². The summed E-state index contributed by atoms with van der Waals surface area (Å²) in [6.07, 6.45) is 0. The normalized spacial score (nSPS) is 11.7. The quantitative estimate of drug-likeness (QED) is 0.796. The van der Waals surface area contributed by atoms with Gasteiger partial charge in [-0.1, -0.05) is 12.1 Å². The van der Waals surface area contributed by atoms with Crippen molar-refractivity contribution >= 4 is 17.3 Å². The topological polar surface area (TPSA) is 61.4 Å². The van der Waals surface area contributed by atoms with Crippen molar-refractivity contribution in [2.24, 2.45) is 0 Å². The molecular formula is C16H18N2O2. The number of anilines is 2. The van der Waals surface area contributed by atoms with Gasteiger partial charge in [0, 0.05) is 24.3 Å². The number of aromatic hydroxyl groups is 1. The molecule has 0 aromatic heterocycles. The van der Waals surface area contributed by atoms with Gasteiger partial charge in [-0.05, 0) is 48.9 Å². The van der Waals surface area contributed by atoms with Crippen LogP contribution >= 0.6 is 0 Å². The van der Waals surface area contributed by atoms with Crippen molar-refractivity contribution < 1.29 is 9.90 Å². The third kappa shape index (κ3) is 3.75. The number of phenols is 1. The van der Waals surface area contributed by atoms with E-state index >= 15 is 0 Å². The summed E-state index contributed by atoms with van der Waals surface area (Å²) in [5, 5.41) is 15.4. The Morgan fingerprint density at radius 2 is 1.55 bits per heavy atom. The molecule has 0 spiro atoms. The van der Waals surface area contributed by atoms with Gasteiger partial charge in [-0.2, -0.15) is 0 Å². The Morgan fingerprint density at radius 3 is 2.10 bits per heavy atom. The molecule has 0 aliphatic heterocycles. The first-order valence-corrected chi connectivity index (χ1v) is 6.48. The zero-order valence-corrected chi connectivity index (χ0v) is 11.6. The lowest BCUT2D eigenvalue weighted by molar-refractivity contribution is -0.114. The molecular weight excluding hydrogens is 252 g/mol. The third-order valence-corrected chi connectivity index (χ3v) is 2.98. The van der Waals surface area contributed by atoms with E-state index in [2.05, 4.69) is 10.6 Å². The number of amides is 1. The molecule has 104 valence electrons. The maximum absolute atomic E-state index is 10.9. The first-order chi connectivity index (χ1) is 9.54. The number of carbonyl (C=O) groups excluding carboxylic acids is 1. The zero-order valence-electron chi connectivity index (χ0n) is 11.6. The summed E-state index contributed by atoms with van der Waals surface area (Å²) in [4.78, 5) is 10.9. The first-order valence-electron chi connectivity index (χ1n) is 6.48. The van der Waals surface area contributed by atoms with Crippen molar-refractivity contribution in [1.82, 2.24) is 0 Å². The van der Waals surface area contributed by atoms with Crippen molar-refractivity contribution in [3.8, 4) is 5.75 Å². The number of nitrogens with one attached hydrogen (secondary N) is 2. The van der Waals surface area contributed by atoms with Crippen molar-refractivity contribution in [3.63, 3.8) is 0 Å². The molecule has 0 aliphatic rings. The Hall–Kier alpha value is -2.49. The number of benzene rings is 2. The second-order valence-electron chi connectivity index (χ2n) is 4.72. The lowest BCUT2D eigenvalue weighted by Crippen LogP contribution is -2.07. The minimum Gasteiger partial charge on any atom is -0.508 e. The van der Waals surface area contributed by atoms with Gasteiger partial charge in [-0.15, -0.1) is 0 Å². The predicted octanol–water partition coefficient (Wildman–Crippen LogP) is 3.52. The van der Waals surface area contributed by atoms with Gasteiger partial charge in [0.05, 0.1) is 0 Å². The molecule has 20 heavy (non-hydrogen) atoms. The fourth-order valence-electron chi connectivity index (χ4n) is 1.95. The van der Waals surface area contributed by atoms with Crippen LogP contribution in [0.5, 0.6) is 5.75 Å². The largest absolute Gasteiger partial charge is 0.508 e. The molecule has 4 nitrogen and oxygen atoms in total. The average Bonchev–Trinajstić information content (AvgIpc) is 2.41. The van der Waals surface area contributed by atoms with Crippen molar-refractivity contribution in [3.05, 3.63) is 54.1 Å². The van der Waals surface area contributed by atoms with Gasteiger partial charge in [0.2, 0.25) is 5.91 Å². The van der Waals surface area contributed by atoms with Gasteiger partial charge >= 0.3 is 0 Å². The summed E-state index contributed by atoms with van der Waals surface area (Å²) in [5.74, 6) is 0.184. The van der Waals surface area contributed by atoms with Crippen LogP contribution in [0, 0.1) is 0 Å². The molecule has 0 saturated carbocycles. The van der Waals surface area contributed by atoms with E-state index in [1.807, 2.05) is 43.3 Å². The predicted molar refractivity (Wildman–Crippen MR) is 80.9 cm³/mol. The van der Waals surface area contributed by atoms with E-state index in [0.29, 0.717) is 0 Å². The highest BCUT2D eigenvalue weighted by atomic mass is 16.3. The zero-order chi connectivity index (χ0) is 14.5. The molecule has 1 unspecified atom stereocenters. The van der Waals surface area contributed by atoms with Crippen LogP contribution in [-0.4, -0.2) is 11.0 Å². The second kappa shape index (κ2) is 6.10. The van der Waals surface area contributed by atoms with E-state index in [1.165, 1.54) is 6.92 Å². The van der Waals surface area contributed by atoms with E-state index < -0.39 is 0 Å². The summed E-state index contributed by atoms with van der Waals surface area (Å²) in [7, 11) is 0. The lowest BCUT2D eigenvalue weighted by atomic mass is 10.1. The molecule has 0 aliphatic carbocycles. The van der Waals surface area contributed by atoms with Crippen LogP contribution in [0.1, 0.15) is 25.5 Å². The average molecular weight is 270 g/mol. The summed E-state index contributed by atoms with van der Waals surface area (Å²) in [6, 6.07) is 14.8. The van der Waals surface area contributed by atoms with Gasteiger partial charge < -0.3 is 15.7 Å². The molecule has 0 saturated heterocycles. The van der Waals surface area contributed by atoms with Gasteiger partial charge in [0.1, 0.15) is 5.75 Å². The van der Waals surface area contributed by atoms with Crippen LogP contribution in [0.25, 0.3) is 0 Å². The van der Waals surface area contributed by atoms with Crippen LogP contribution in [0.3, 0.4) is 0 Å². The highest BCUT2D eigenvalue weighted by Crippen LogP contribution is 2.22. The molecule has 2 aromatic carbocycles. The summed E-state index contributed by atoms with van der Waals surface area (Å²) in [5.41, 5.74) is 2.84. The molecule has 0 fully saturated rings. The van der Waals surface area contributed by atoms with Gasteiger partial charge in [0.15, 0.2) is 0 Å². The SMILES string of the molecule is CC(=O)Nc1ccc(NC(C)c2ccc(O)cc2)cc1. The summed E-state index contributed by atoms with van der Waals surface area (Å²) < 4.78 is 0. The minimum atomic E-state index is -0.0804. The van der Waals surface area contributed by atoms with Gasteiger partial charge in [0.25, 0.3) is 0 Å². The molecule has 4 heteroatoms. The molecule has 1 atom stereocenters. The van der Waals surface area contributed by atoms with Crippen molar-refractivity contribution in [1.29, 1.82) is 0 Å². The van der Waals surface area contributed by atoms with E-state index in [-0.39, 0.29) is 17.7 Å². The number of hydrogen-bond donors (Lipinski definition) is 3. The Balaban J connectivity index is 2.02. The van der Waals surface area contributed by atoms with Crippen LogP contribution in [0.15, 0.2) is 48.5 Å². The third-order valence-electron chi connectivity index (χ3n) is 2.98. The first kappa shape index (κ1) is 13.9. The standard InChI is InChI=1S/C16H18N2O2/c1-11(13-3-9-16(20)10-4-13)17-14-5-7-15(8-6-14)18-12(2)19/h3-11,17,20H,1-2H3,(H,18,19). The smallest absolute Gasteiger partial charge is 0.221 e. The number of hydrogen-bond acceptors (Lipinski definition) is 3. The summed E-state index contributed by atoms with van der Waals surface area (Å²) in [6.45, 7) is 3.53. The van der Waals surface area contributed by atoms with Crippen LogP contribution < -0.4 is 10.6 Å².